The number of rotatable bonds is 1. The van der Waals surface area contributed by atoms with Crippen LogP contribution in [0.5, 0.6) is 0 Å². The van der Waals surface area contributed by atoms with Crippen LogP contribution in [0.25, 0.3) is 0 Å². The average Bonchev–Trinajstić information content (AvgIpc) is 3.04. The minimum Gasteiger partial charge on any atom is -0.399 e. The molecule has 0 aliphatic heterocycles. The number of carbonyl (C=O) groups is 1. The summed E-state index contributed by atoms with van der Waals surface area (Å²) in [6.07, 6.45) is 7.19. The van der Waals surface area contributed by atoms with Crippen molar-refractivity contribution in [2.75, 3.05) is 0 Å². The Morgan fingerprint density at radius 1 is 1.47 bits per heavy atom. The summed E-state index contributed by atoms with van der Waals surface area (Å²) in [6, 6.07) is 0. The minimum absolute atomic E-state index is 0.115. The molecule has 2 aliphatic carbocycles. The molecule has 106 valence electrons. The van der Waals surface area contributed by atoms with Gasteiger partial charge in [0.1, 0.15) is 0 Å². The van der Waals surface area contributed by atoms with Gasteiger partial charge in [-0.05, 0) is 17.8 Å². The van der Waals surface area contributed by atoms with Crippen molar-refractivity contribution < 1.29 is 9.53 Å². The lowest BCUT2D eigenvalue weighted by atomic mass is 9.74. The van der Waals surface area contributed by atoms with E-state index in [0.29, 0.717) is 11.5 Å². The summed E-state index contributed by atoms with van der Waals surface area (Å²) in [5, 5.41) is 6.89. The molecule has 1 N–H and O–H groups in total. The zero-order valence-corrected chi connectivity index (χ0v) is 13.2. The Kier molecular flexibility index (Phi) is 4.67. The quantitative estimate of drug-likeness (QED) is 0.319. The molecule has 2 rings (SSSR count). The van der Waals surface area contributed by atoms with E-state index in [1.54, 1.807) is 0 Å². The fourth-order valence-electron chi connectivity index (χ4n) is 2.63. The summed E-state index contributed by atoms with van der Waals surface area (Å²) in [7, 11) is 0. The second kappa shape index (κ2) is 5.53. The van der Waals surface area contributed by atoms with Gasteiger partial charge in [-0.1, -0.05) is 65.5 Å². The van der Waals surface area contributed by atoms with Gasteiger partial charge in [-0.3, -0.25) is 5.41 Å². The van der Waals surface area contributed by atoms with Gasteiger partial charge in [0.2, 0.25) is 5.90 Å². The number of thiol groups is 1. The third-order valence-corrected chi connectivity index (χ3v) is 3.94. The van der Waals surface area contributed by atoms with Crippen molar-refractivity contribution in [1.29, 1.82) is 5.41 Å². The van der Waals surface area contributed by atoms with Gasteiger partial charge < -0.3 is 4.74 Å². The highest BCUT2D eigenvalue weighted by molar-refractivity contribution is 7.96. The van der Waals surface area contributed by atoms with Crippen LogP contribution in [0.3, 0.4) is 0 Å². The molecular formula is C15H23NO2S. The van der Waals surface area contributed by atoms with Crippen molar-refractivity contribution in [2.45, 2.75) is 41.0 Å². The molecule has 0 aromatic rings. The lowest BCUT2D eigenvalue weighted by Crippen LogP contribution is -2.23. The number of hydrogen-bond donors (Lipinski definition) is 2. The summed E-state index contributed by atoms with van der Waals surface area (Å²) in [5.74, 6) is 0.345. The van der Waals surface area contributed by atoms with Gasteiger partial charge in [-0.25, -0.2) is 4.79 Å². The summed E-state index contributed by atoms with van der Waals surface area (Å²) in [6.45, 7) is 10.7. The fraction of sp³-hybridized carbons (Fsp3) is 0.600. The van der Waals surface area contributed by atoms with E-state index in [4.69, 9.17) is 5.41 Å². The molecule has 1 saturated carbocycles. The van der Waals surface area contributed by atoms with E-state index < -0.39 is 5.30 Å². The number of allylic oxidation sites excluding steroid dienone is 2. The molecule has 1 fully saturated rings. The highest BCUT2D eigenvalue weighted by atomic mass is 32.1. The van der Waals surface area contributed by atoms with Gasteiger partial charge >= 0.3 is 5.30 Å². The van der Waals surface area contributed by atoms with Gasteiger partial charge in [0, 0.05) is 11.0 Å². The summed E-state index contributed by atoms with van der Waals surface area (Å²) < 4.78 is 4.66. The molecule has 0 bridgehead atoms. The maximum atomic E-state index is 10.7. The molecule has 2 atom stereocenters. The molecule has 0 aromatic carbocycles. The summed E-state index contributed by atoms with van der Waals surface area (Å²) in [5.41, 5.74) is 1.12. The first-order chi connectivity index (χ1) is 8.76. The van der Waals surface area contributed by atoms with Crippen LogP contribution < -0.4 is 0 Å². The van der Waals surface area contributed by atoms with Crippen LogP contribution in [0.4, 0.5) is 4.79 Å². The number of hydrogen-bond acceptors (Lipinski definition) is 3. The third kappa shape index (κ3) is 3.11. The lowest BCUT2D eigenvalue weighted by Gasteiger charge is -2.31. The minimum atomic E-state index is -0.743. The first-order valence-corrected chi connectivity index (χ1v) is 7.12. The average molecular weight is 281 g/mol. The maximum absolute atomic E-state index is 10.7. The monoisotopic (exact) mass is 281 g/mol. The second-order valence-electron chi connectivity index (χ2n) is 5.75. The SMILES string of the molecule is CC.CC(C)(C)C12C=CC(C(=N)OC(=O)S)=CC1C2. The zero-order chi connectivity index (χ0) is 14.8. The Morgan fingerprint density at radius 3 is 2.47 bits per heavy atom. The van der Waals surface area contributed by atoms with E-state index in [0.717, 1.165) is 6.42 Å². The van der Waals surface area contributed by atoms with Gasteiger partial charge in [0.05, 0.1) is 0 Å². The number of nitrogens with one attached hydrogen (secondary N) is 1. The Labute approximate surface area is 121 Å². The first-order valence-electron chi connectivity index (χ1n) is 6.67. The van der Waals surface area contributed by atoms with E-state index >= 15 is 0 Å². The van der Waals surface area contributed by atoms with Crippen molar-refractivity contribution in [2.24, 2.45) is 16.7 Å². The summed E-state index contributed by atoms with van der Waals surface area (Å²) in [4.78, 5) is 10.7. The number of ether oxygens (including phenoxy) is 1. The van der Waals surface area contributed by atoms with Crippen LogP contribution in [-0.2, 0) is 4.74 Å². The van der Waals surface area contributed by atoms with E-state index in [9.17, 15) is 4.79 Å². The van der Waals surface area contributed by atoms with Gasteiger partial charge in [0.15, 0.2) is 0 Å². The van der Waals surface area contributed by atoms with E-state index in [1.807, 2.05) is 26.0 Å². The normalized spacial score (nSPS) is 27.5. The van der Waals surface area contributed by atoms with Crippen molar-refractivity contribution in [3.63, 3.8) is 0 Å². The Hall–Kier alpha value is -1.03. The molecule has 2 aliphatic rings. The highest BCUT2D eigenvalue weighted by Crippen LogP contribution is 2.66. The predicted molar refractivity (Wildman–Crippen MR) is 81.8 cm³/mol. The molecule has 0 heterocycles. The molecular weight excluding hydrogens is 258 g/mol. The maximum Gasteiger partial charge on any atom is 0.370 e. The third-order valence-electron chi connectivity index (χ3n) is 3.85. The van der Waals surface area contributed by atoms with Gasteiger partial charge in [-0.15, -0.1) is 0 Å². The first kappa shape index (κ1) is 16.0. The smallest absolute Gasteiger partial charge is 0.370 e. The Balaban J connectivity index is 0.000000861. The van der Waals surface area contributed by atoms with Gasteiger partial charge in [-0.2, -0.15) is 0 Å². The van der Waals surface area contributed by atoms with E-state index in [2.05, 4.69) is 44.2 Å². The highest BCUT2D eigenvalue weighted by Gasteiger charge is 2.59. The van der Waals surface area contributed by atoms with E-state index in [-0.39, 0.29) is 16.7 Å². The van der Waals surface area contributed by atoms with Crippen molar-refractivity contribution in [1.82, 2.24) is 0 Å². The van der Waals surface area contributed by atoms with Crippen LogP contribution in [0.2, 0.25) is 0 Å². The number of carbonyl (C=O) groups excluding carboxylic acids is 1. The van der Waals surface area contributed by atoms with Crippen molar-refractivity contribution >= 4 is 23.8 Å². The standard InChI is InChI=1S/C13H17NO2S.C2H6/c1-12(2,3)13-5-4-8(6-9(13)7-13)10(14)16-11(15)17;1-2/h4-6,9,14H,7H2,1-3H3,(H,15,17);1-2H3. The van der Waals surface area contributed by atoms with Crippen LogP contribution in [0.15, 0.2) is 23.8 Å². The van der Waals surface area contributed by atoms with Crippen LogP contribution >= 0.6 is 12.6 Å². The molecule has 4 heteroatoms. The molecule has 0 saturated heterocycles. The Morgan fingerprint density at radius 2 is 2.05 bits per heavy atom. The van der Waals surface area contributed by atoms with Crippen LogP contribution in [0, 0.1) is 22.2 Å². The van der Waals surface area contributed by atoms with Crippen molar-refractivity contribution in [3.8, 4) is 0 Å². The van der Waals surface area contributed by atoms with Crippen LogP contribution in [0.1, 0.15) is 41.0 Å². The lowest BCUT2D eigenvalue weighted by molar-refractivity contribution is 0.224. The molecule has 0 spiro atoms. The molecule has 0 radical (unpaired) electrons. The summed E-state index contributed by atoms with van der Waals surface area (Å²) >= 11 is 3.50. The largest absolute Gasteiger partial charge is 0.399 e. The molecule has 3 nitrogen and oxygen atoms in total. The van der Waals surface area contributed by atoms with Crippen molar-refractivity contribution in [3.05, 3.63) is 23.8 Å². The number of fused-ring (bicyclic) bond motifs is 1. The Bertz CT molecular complexity index is 446. The van der Waals surface area contributed by atoms with E-state index in [1.165, 1.54) is 0 Å². The molecule has 0 aromatic heterocycles. The topological polar surface area (TPSA) is 50.1 Å². The zero-order valence-electron chi connectivity index (χ0n) is 12.3. The predicted octanol–water partition coefficient (Wildman–Crippen LogP) is 4.60. The van der Waals surface area contributed by atoms with Crippen LogP contribution in [-0.4, -0.2) is 11.2 Å². The van der Waals surface area contributed by atoms with Gasteiger partial charge in [0.25, 0.3) is 0 Å². The second-order valence-corrected chi connectivity index (χ2v) is 6.12. The molecule has 0 amide bonds. The fourth-order valence-corrected chi connectivity index (χ4v) is 2.72. The molecule has 19 heavy (non-hydrogen) atoms. The molecule has 2 unspecified atom stereocenters.